The van der Waals surface area contributed by atoms with Crippen LogP contribution in [0.25, 0.3) is 22.2 Å². The normalized spacial score (nSPS) is 10.9. The van der Waals surface area contributed by atoms with E-state index < -0.39 is 10.6 Å². The van der Waals surface area contributed by atoms with Crippen LogP contribution in [0.5, 0.6) is 5.75 Å². The van der Waals surface area contributed by atoms with E-state index in [1.54, 1.807) is 22.8 Å². The third-order valence-corrected chi connectivity index (χ3v) is 5.61. The number of benzene rings is 3. The van der Waals surface area contributed by atoms with Gasteiger partial charge in [0.05, 0.1) is 22.7 Å². The molecule has 0 aliphatic carbocycles. The first kappa shape index (κ1) is 22.7. The number of nitro benzene ring substituents is 1. The first-order valence-electron chi connectivity index (χ1n) is 10.8. The van der Waals surface area contributed by atoms with Gasteiger partial charge in [-0.15, -0.1) is 6.42 Å². The molecule has 0 saturated heterocycles. The highest BCUT2D eigenvalue weighted by atomic mass is 16.6. The predicted molar refractivity (Wildman–Crippen MR) is 132 cm³/mol. The molecule has 0 spiro atoms. The van der Waals surface area contributed by atoms with Gasteiger partial charge < -0.3 is 4.74 Å². The summed E-state index contributed by atoms with van der Waals surface area (Å²) < 4.78 is 7.16. The molecule has 1 aromatic heterocycles. The maximum absolute atomic E-state index is 13.1. The van der Waals surface area contributed by atoms with Gasteiger partial charge in [-0.05, 0) is 35.2 Å². The minimum absolute atomic E-state index is 0.00502. The molecular formula is C27H23N3O4. The van der Waals surface area contributed by atoms with Gasteiger partial charge in [-0.2, -0.15) is 4.98 Å². The monoisotopic (exact) mass is 453 g/mol. The Labute approximate surface area is 196 Å². The summed E-state index contributed by atoms with van der Waals surface area (Å²) in [7, 11) is 0. The Balaban J connectivity index is 1.85. The third-order valence-electron chi connectivity index (χ3n) is 5.61. The zero-order chi connectivity index (χ0) is 24.2. The number of hydrogen-bond donors (Lipinski definition) is 0. The van der Waals surface area contributed by atoms with Crippen LogP contribution in [-0.2, 0) is 6.54 Å². The third kappa shape index (κ3) is 4.66. The number of ether oxygens (including phenoxy) is 1. The van der Waals surface area contributed by atoms with Crippen molar-refractivity contribution < 1.29 is 9.66 Å². The second-order valence-electron chi connectivity index (χ2n) is 8.20. The summed E-state index contributed by atoms with van der Waals surface area (Å²) in [6.45, 7) is 4.59. The fourth-order valence-electron chi connectivity index (χ4n) is 3.78. The number of fused-ring (bicyclic) bond motifs is 1. The molecule has 0 aliphatic heterocycles. The summed E-state index contributed by atoms with van der Waals surface area (Å²) in [6.07, 6.45) is 5.33. The van der Waals surface area contributed by atoms with Crippen molar-refractivity contribution in [3.8, 4) is 29.4 Å². The number of aromatic nitrogens is 2. The van der Waals surface area contributed by atoms with E-state index in [9.17, 15) is 14.9 Å². The van der Waals surface area contributed by atoms with Crippen LogP contribution in [0.2, 0.25) is 0 Å². The summed E-state index contributed by atoms with van der Waals surface area (Å²) in [5.74, 6) is 3.41. The number of non-ortho nitro benzene ring substituents is 1. The Morgan fingerprint density at radius 1 is 1.09 bits per heavy atom. The second kappa shape index (κ2) is 9.59. The van der Waals surface area contributed by atoms with E-state index in [1.807, 2.05) is 36.4 Å². The molecule has 0 amide bonds. The quantitative estimate of drug-likeness (QED) is 0.219. The van der Waals surface area contributed by atoms with Crippen molar-refractivity contribution in [3.63, 3.8) is 0 Å². The van der Waals surface area contributed by atoms with Gasteiger partial charge in [0.15, 0.2) is 0 Å². The molecule has 4 aromatic rings. The molecule has 7 heteroatoms. The van der Waals surface area contributed by atoms with E-state index in [4.69, 9.17) is 11.2 Å². The molecule has 170 valence electrons. The van der Waals surface area contributed by atoms with Gasteiger partial charge in [0, 0.05) is 23.1 Å². The molecule has 0 saturated carbocycles. The summed E-state index contributed by atoms with van der Waals surface area (Å²) in [4.78, 5) is 28.0. The van der Waals surface area contributed by atoms with Crippen LogP contribution in [-0.4, -0.2) is 21.1 Å². The lowest BCUT2D eigenvalue weighted by Crippen LogP contribution is -2.24. The molecule has 0 radical (unpaired) electrons. The molecule has 0 aliphatic rings. The maximum Gasteiger partial charge on any atom is 0.348 e. The van der Waals surface area contributed by atoms with Crippen molar-refractivity contribution in [1.82, 2.24) is 9.55 Å². The SMILES string of the molecule is C#CCOc1ccc2c(c1)c(-c1ccc(C(C)C)cc1)nc(=O)n2Cc1ccc([N+](=O)[O-])cc1. The minimum Gasteiger partial charge on any atom is -0.481 e. The fourth-order valence-corrected chi connectivity index (χ4v) is 3.78. The van der Waals surface area contributed by atoms with Crippen molar-refractivity contribution >= 4 is 16.6 Å². The standard InChI is InChI=1S/C27H23N3O4/c1-4-15-34-23-13-14-25-24(16-23)26(21-9-7-20(8-10-21)18(2)3)28-27(31)29(25)17-19-5-11-22(12-6-19)30(32)33/h1,5-14,16,18H,15,17H2,2-3H3. The van der Waals surface area contributed by atoms with Crippen LogP contribution in [0.1, 0.15) is 30.9 Å². The molecule has 0 bridgehead atoms. The number of terminal acetylenes is 1. The van der Waals surface area contributed by atoms with E-state index in [0.717, 1.165) is 16.5 Å². The molecule has 4 rings (SSSR count). The van der Waals surface area contributed by atoms with Gasteiger partial charge in [0.1, 0.15) is 12.4 Å². The van der Waals surface area contributed by atoms with Crippen LogP contribution in [0.15, 0.2) is 71.5 Å². The fraction of sp³-hybridized carbons (Fsp3) is 0.185. The lowest BCUT2D eigenvalue weighted by atomic mass is 9.99. The number of nitrogens with zero attached hydrogens (tertiary/aromatic N) is 3. The Morgan fingerprint density at radius 3 is 2.41 bits per heavy atom. The Bertz CT molecular complexity index is 1450. The molecular weight excluding hydrogens is 430 g/mol. The number of rotatable bonds is 7. The van der Waals surface area contributed by atoms with Gasteiger partial charge in [0.25, 0.3) is 5.69 Å². The Hall–Kier alpha value is -4.44. The predicted octanol–water partition coefficient (Wildman–Crippen LogP) is 5.16. The summed E-state index contributed by atoms with van der Waals surface area (Å²) in [5, 5.41) is 11.7. The smallest absolute Gasteiger partial charge is 0.348 e. The number of hydrogen-bond acceptors (Lipinski definition) is 5. The highest BCUT2D eigenvalue weighted by molar-refractivity contribution is 5.93. The molecule has 0 unspecified atom stereocenters. The molecule has 0 N–H and O–H groups in total. The summed E-state index contributed by atoms with van der Waals surface area (Å²) in [6, 6.07) is 19.5. The van der Waals surface area contributed by atoms with Crippen molar-refractivity contribution in [3.05, 3.63) is 98.5 Å². The Morgan fingerprint density at radius 2 is 1.79 bits per heavy atom. The van der Waals surface area contributed by atoms with E-state index in [1.165, 1.54) is 17.7 Å². The molecule has 34 heavy (non-hydrogen) atoms. The Kier molecular flexibility index (Phi) is 6.42. The molecule has 3 aromatic carbocycles. The first-order chi connectivity index (χ1) is 16.4. The van der Waals surface area contributed by atoms with E-state index in [-0.39, 0.29) is 18.8 Å². The van der Waals surface area contributed by atoms with E-state index in [2.05, 4.69) is 24.8 Å². The average Bonchev–Trinajstić information content (AvgIpc) is 2.84. The molecule has 0 atom stereocenters. The topological polar surface area (TPSA) is 87.3 Å². The zero-order valence-corrected chi connectivity index (χ0v) is 18.9. The maximum atomic E-state index is 13.1. The lowest BCUT2D eigenvalue weighted by Gasteiger charge is -2.15. The van der Waals surface area contributed by atoms with E-state index in [0.29, 0.717) is 22.9 Å². The number of nitro groups is 1. The van der Waals surface area contributed by atoms with Crippen LogP contribution < -0.4 is 10.4 Å². The van der Waals surface area contributed by atoms with Gasteiger partial charge in [-0.25, -0.2) is 4.79 Å². The summed E-state index contributed by atoms with van der Waals surface area (Å²) in [5.41, 5.74) is 3.58. The van der Waals surface area contributed by atoms with Gasteiger partial charge in [-0.3, -0.25) is 14.7 Å². The average molecular weight is 453 g/mol. The highest BCUT2D eigenvalue weighted by Crippen LogP contribution is 2.30. The second-order valence-corrected chi connectivity index (χ2v) is 8.20. The summed E-state index contributed by atoms with van der Waals surface area (Å²) >= 11 is 0. The largest absolute Gasteiger partial charge is 0.481 e. The van der Waals surface area contributed by atoms with Gasteiger partial charge in [0.2, 0.25) is 0 Å². The van der Waals surface area contributed by atoms with E-state index >= 15 is 0 Å². The van der Waals surface area contributed by atoms with Crippen LogP contribution >= 0.6 is 0 Å². The molecule has 1 heterocycles. The van der Waals surface area contributed by atoms with Gasteiger partial charge in [-0.1, -0.05) is 56.2 Å². The van der Waals surface area contributed by atoms with Crippen molar-refractivity contribution in [1.29, 1.82) is 0 Å². The minimum atomic E-state index is -0.454. The first-order valence-corrected chi connectivity index (χ1v) is 10.8. The van der Waals surface area contributed by atoms with Crippen LogP contribution in [0.4, 0.5) is 5.69 Å². The lowest BCUT2D eigenvalue weighted by molar-refractivity contribution is -0.384. The zero-order valence-electron chi connectivity index (χ0n) is 18.9. The van der Waals surface area contributed by atoms with Crippen molar-refractivity contribution in [2.24, 2.45) is 0 Å². The molecule has 7 nitrogen and oxygen atoms in total. The van der Waals surface area contributed by atoms with Gasteiger partial charge >= 0.3 is 5.69 Å². The van der Waals surface area contributed by atoms with Crippen LogP contribution in [0.3, 0.4) is 0 Å². The van der Waals surface area contributed by atoms with Crippen molar-refractivity contribution in [2.45, 2.75) is 26.3 Å². The van der Waals surface area contributed by atoms with Crippen molar-refractivity contribution in [2.75, 3.05) is 6.61 Å². The van der Waals surface area contributed by atoms with Crippen LogP contribution in [0, 0.1) is 22.5 Å². The molecule has 0 fully saturated rings. The highest BCUT2D eigenvalue weighted by Gasteiger charge is 2.15.